The number of nitrogens with two attached hydrogens (primary N) is 1. The molecule has 0 saturated carbocycles. The Hall–Kier alpha value is -2.11. The van der Waals surface area contributed by atoms with Gasteiger partial charge < -0.3 is 10.7 Å². The molecule has 6 nitrogen and oxygen atoms in total. The first-order chi connectivity index (χ1) is 7.56. The molecule has 2 rings (SSSR count). The summed E-state index contributed by atoms with van der Waals surface area (Å²) in [6.45, 7) is 5.77. The molecule has 0 spiro atoms. The van der Waals surface area contributed by atoms with Crippen LogP contribution in [-0.4, -0.2) is 19.9 Å². The van der Waals surface area contributed by atoms with E-state index in [4.69, 9.17) is 5.73 Å². The van der Waals surface area contributed by atoms with Crippen molar-refractivity contribution in [3.05, 3.63) is 28.5 Å². The van der Waals surface area contributed by atoms with Gasteiger partial charge in [0.1, 0.15) is 17.2 Å². The zero-order chi connectivity index (χ0) is 11.7. The van der Waals surface area contributed by atoms with Crippen molar-refractivity contribution in [2.75, 3.05) is 5.73 Å². The Balaban J connectivity index is 2.40. The van der Waals surface area contributed by atoms with Gasteiger partial charge in [0.25, 0.3) is 0 Å². The Bertz CT molecular complexity index is 595. The number of nitrogen functional groups attached to an aromatic ring is 1. The van der Waals surface area contributed by atoms with Crippen LogP contribution in [0.4, 0.5) is 5.82 Å². The number of hydrogen-bond donors (Lipinski definition) is 3. The van der Waals surface area contributed by atoms with Crippen LogP contribution < -0.4 is 11.4 Å². The first kappa shape index (κ1) is 10.4. The van der Waals surface area contributed by atoms with Crippen molar-refractivity contribution in [3.8, 4) is 0 Å². The Morgan fingerprint density at radius 2 is 2.19 bits per heavy atom. The summed E-state index contributed by atoms with van der Waals surface area (Å²) in [6.07, 6.45) is 1.58. The van der Waals surface area contributed by atoms with Gasteiger partial charge in [-0.05, 0) is 13.3 Å². The maximum Gasteiger partial charge on any atom is 0.348 e. The lowest BCUT2D eigenvalue weighted by Crippen LogP contribution is -2.12. The molecule has 2 heterocycles. The molecule has 0 aromatic carbocycles. The van der Waals surface area contributed by atoms with E-state index in [1.807, 2.05) is 6.92 Å². The van der Waals surface area contributed by atoms with Crippen molar-refractivity contribution >= 4 is 17.0 Å². The second-order valence-corrected chi connectivity index (χ2v) is 3.79. The van der Waals surface area contributed by atoms with Gasteiger partial charge in [-0.2, -0.15) is 4.98 Å². The summed E-state index contributed by atoms with van der Waals surface area (Å²) in [4.78, 5) is 24.4. The summed E-state index contributed by atoms with van der Waals surface area (Å²) < 4.78 is 0. The molecular weight excluding hydrogens is 206 g/mol. The van der Waals surface area contributed by atoms with Crippen molar-refractivity contribution < 1.29 is 0 Å². The van der Waals surface area contributed by atoms with Gasteiger partial charge >= 0.3 is 5.69 Å². The molecule has 0 atom stereocenters. The van der Waals surface area contributed by atoms with Crippen LogP contribution in [0, 0.1) is 0 Å². The van der Waals surface area contributed by atoms with E-state index in [9.17, 15) is 4.79 Å². The largest absolute Gasteiger partial charge is 0.383 e. The van der Waals surface area contributed by atoms with Crippen LogP contribution in [0.25, 0.3) is 11.2 Å². The Labute approximate surface area is 91.6 Å². The highest BCUT2D eigenvalue weighted by Crippen LogP contribution is 2.13. The lowest BCUT2D eigenvalue weighted by Gasteiger charge is -1.94. The zero-order valence-corrected chi connectivity index (χ0v) is 9.00. The number of aromatic nitrogens is 4. The van der Waals surface area contributed by atoms with Gasteiger partial charge in [-0.25, -0.2) is 9.78 Å². The van der Waals surface area contributed by atoms with Crippen LogP contribution in [0.2, 0.25) is 0 Å². The van der Waals surface area contributed by atoms with Crippen molar-refractivity contribution in [2.24, 2.45) is 0 Å². The Morgan fingerprint density at radius 3 is 2.88 bits per heavy atom. The molecule has 0 aliphatic heterocycles. The first-order valence-electron chi connectivity index (χ1n) is 4.95. The highest BCUT2D eigenvalue weighted by molar-refractivity contribution is 5.80. The van der Waals surface area contributed by atoms with Gasteiger partial charge in [-0.15, -0.1) is 6.58 Å². The van der Waals surface area contributed by atoms with E-state index in [2.05, 4.69) is 26.5 Å². The minimum Gasteiger partial charge on any atom is -0.383 e. The minimum absolute atomic E-state index is 0.268. The molecule has 0 radical (unpaired) electrons. The number of aromatic amines is 2. The predicted molar refractivity (Wildman–Crippen MR) is 62.1 cm³/mol. The third-order valence-corrected chi connectivity index (χ3v) is 2.24. The third kappa shape index (κ3) is 1.95. The standard InChI is InChI=1S/C10H13N5O/c1-5(2)3-4-6-12-7-8(11)14-10(16)15-9(7)13-6/h1,3-4H2,2H3,(H4,11,12,13,14,15,16). The van der Waals surface area contributed by atoms with Crippen LogP contribution in [0.3, 0.4) is 0 Å². The highest BCUT2D eigenvalue weighted by Gasteiger charge is 2.08. The van der Waals surface area contributed by atoms with Crippen LogP contribution >= 0.6 is 0 Å². The molecular formula is C10H13N5O. The molecule has 0 bridgehead atoms. The lowest BCUT2D eigenvalue weighted by atomic mass is 10.2. The van der Waals surface area contributed by atoms with E-state index >= 15 is 0 Å². The molecule has 4 N–H and O–H groups in total. The van der Waals surface area contributed by atoms with E-state index in [1.54, 1.807) is 0 Å². The van der Waals surface area contributed by atoms with E-state index in [0.29, 0.717) is 11.2 Å². The minimum atomic E-state index is -0.483. The first-order valence-corrected chi connectivity index (χ1v) is 4.95. The van der Waals surface area contributed by atoms with E-state index in [-0.39, 0.29) is 5.82 Å². The fraction of sp³-hybridized carbons (Fsp3) is 0.300. The van der Waals surface area contributed by atoms with E-state index < -0.39 is 5.69 Å². The molecule has 84 valence electrons. The number of imidazole rings is 1. The number of hydrogen-bond acceptors (Lipinski definition) is 4. The molecule has 0 aliphatic carbocycles. The molecule has 0 unspecified atom stereocenters. The number of allylic oxidation sites excluding steroid dienone is 1. The average Bonchev–Trinajstić information content (AvgIpc) is 2.57. The summed E-state index contributed by atoms with van der Waals surface area (Å²) in [5.74, 6) is 1.03. The molecule has 0 aliphatic rings. The average molecular weight is 219 g/mol. The summed E-state index contributed by atoms with van der Waals surface area (Å²) in [5, 5.41) is 0. The number of fused-ring (bicyclic) bond motifs is 1. The molecule has 0 amide bonds. The van der Waals surface area contributed by atoms with Crippen molar-refractivity contribution in [1.82, 2.24) is 19.9 Å². The summed E-state index contributed by atoms with van der Waals surface area (Å²) in [7, 11) is 0. The normalized spacial score (nSPS) is 10.8. The molecule has 2 aromatic heterocycles. The quantitative estimate of drug-likeness (QED) is 0.662. The van der Waals surface area contributed by atoms with Gasteiger partial charge in [0.15, 0.2) is 5.65 Å². The number of nitrogens with one attached hydrogen (secondary N) is 2. The van der Waals surface area contributed by atoms with Gasteiger partial charge in [-0.3, -0.25) is 4.98 Å². The van der Waals surface area contributed by atoms with Crippen LogP contribution in [0.15, 0.2) is 16.9 Å². The number of H-pyrrole nitrogens is 2. The fourth-order valence-electron chi connectivity index (χ4n) is 1.43. The van der Waals surface area contributed by atoms with Gasteiger partial charge in [0.05, 0.1) is 0 Å². The smallest absolute Gasteiger partial charge is 0.348 e. The van der Waals surface area contributed by atoms with Gasteiger partial charge in [-0.1, -0.05) is 5.57 Å². The van der Waals surface area contributed by atoms with Gasteiger partial charge in [0.2, 0.25) is 0 Å². The molecule has 6 heteroatoms. The number of nitrogens with zero attached hydrogens (tertiary/aromatic N) is 2. The Kier molecular flexibility index (Phi) is 2.47. The maximum absolute atomic E-state index is 11.1. The SMILES string of the molecule is C=C(C)CCc1nc2nc(=O)[nH]c(N)c2[nH]1. The number of aryl methyl sites for hydroxylation is 1. The lowest BCUT2D eigenvalue weighted by molar-refractivity contribution is 0.880. The van der Waals surface area contributed by atoms with Crippen LogP contribution in [0.5, 0.6) is 0 Å². The second kappa shape index (κ2) is 3.80. The van der Waals surface area contributed by atoms with Gasteiger partial charge in [0, 0.05) is 6.42 Å². The summed E-state index contributed by atoms with van der Waals surface area (Å²) in [5.41, 5.74) is 7.18. The molecule has 16 heavy (non-hydrogen) atoms. The number of rotatable bonds is 3. The number of anilines is 1. The van der Waals surface area contributed by atoms with E-state index in [1.165, 1.54) is 0 Å². The molecule has 0 saturated heterocycles. The van der Waals surface area contributed by atoms with Crippen molar-refractivity contribution in [1.29, 1.82) is 0 Å². The topological polar surface area (TPSA) is 100 Å². The predicted octanol–water partition coefficient (Wildman–Crippen LogP) is 0.737. The van der Waals surface area contributed by atoms with E-state index in [0.717, 1.165) is 24.2 Å². The van der Waals surface area contributed by atoms with Crippen molar-refractivity contribution in [2.45, 2.75) is 19.8 Å². The summed E-state index contributed by atoms with van der Waals surface area (Å²) in [6, 6.07) is 0. The maximum atomic E-state index is 11.1. The monoisotopic (exact) mass is 219 g/mol. The highest BCUT2D eigenvalue weighted by atomic mass is 16.1. The molecule has 0 fully saturated rings. The van der Waals surface area contributed by atoms with Crippen molar-refractivity contribution in [3.63, 3.8) is 0 Å². The van der Waals surface area contributed by atoms with Crippen LogP contribution in [0.1, 0.15) is 19.2 Å². The molecule has 2 aromatic rings. The fourth-order valence-corrected chi connectivity index (χ4v) is 1.43. The summed E-state index contributed by atoms with van der Waals surface area (Å²) >= 11 is 0. The second-order valence-electron chi connectivity index (χ2n) is 3.79. The third-order valence-electron chi connectivity index (χ3n) is 2.24. The van der Waals surface area contributed by atoms with Crippen LogP contribution in [-0.2, 0) is 6.42 Å². The Morgan fingerprint density at radius 1 is 1.44 bits per heavy atom. The zero-order valence-electron chi connectivity index (χ0n) is 9.00.